The van der Waals surface area contributed by atoms with Gasteiger partial charge >= 0.3 is 0 Å². The highest BCUT2D eigenvalue weighted by atomic mass is 35.5. The number of nitrogens with zero attached hydrogens (tertiary/aromatic N) is 1. The van der Waals surface area contributed by atoms with Crippen molar-refractivity contribution in [1.29, 1.82) is 0 Å². The molecule has 0 spiro atoms. The minimum atomic E-state index is -3.33. The molecule has 0 bridgehead atoms. The van der Waals surface area contributed by atoms with Gasteiger partial charge < -0.3 is 10.6 Å². The van der Waals surface area contributed by atoms with Crippen LogP contribution in [0.25, 0.3) is 0 Å². The predicted molar refractivity (Wildman–Crippen MR) is 97.0 cm³/mol. The Labute approximate surface area is 153 Å². The summed E-state index contributed by atoms with van der Waals surface area (Å²) < 4.78 is 23.1. The Morgan fingerprint density at radius 1 is 1.30 bits per heavy atom. The van der Waals surface area contributed by atoms with Crippen LogP contribution >= 0.6 is 36.4 Å². The van der Waals surface area contributed by atoms with E-state index in [9.17, 15) is 13.2 Å². The second kappa shape index (κ2) is 9.66. The maximum absolute atomic E-state index is 12.0. The summed E-state index contributed by atoms with van der Waals surface area (Å²) in [7, 11) is -3.33. The van der Waals surface area contributed by atoms with Crippen molar-refractivity contribution in [3.8, 4) is 0 Å². The predicted octanol–water partition coefficient (Wildman–Crippen LogP) is 1.43. The molecule has 0 aromatic heterocycles. The van der Waals surface area contributed by atoms with Crippen molar-refractivity contribution in [2.45, 2.75) is 4.90 Å². The third kappa shape index (κ3) is 6.82. The number of halogens is 3. The van der Waals surface area contributed by atoms with Crippen LogP contribution in [0.1, 0.15) is 0 Å². The Morgan fingerprint density at radius 2 is 1.91 bits per heavy atom. The quantitative estimate of drug-likeness (QED) is 0.794. The average molecular weight is 405 g/mol. The van der Waals surface area contributed by atoms with Crippen LogP contribution < -0.4 is 10.6 Å². The summed E-state index contributed by atoms with van der Waals surface area (Å²) in [5, 5.41) is 6.20. The Hall–Kier alpha value is -0.570. The number of carbonyl (C=O) groups is 1. The van der Waals surface area contributed by atoms with Crippen LogP contribution in [0.15, 0.2) is 23.1 Å². The zero-order valence-corrected chi connectivity index (χ0v) is 15.7. The maximum atomic E-state index is 12.0. The van der Waals surface area contributed by atoms with Gasteiger partial charge in [0.15, 0.2) is 9.84 Å². The highest BCUT2D eigenvalue weighted by Crippen LogP contribution is 2.25. The first-order valence-electron chi connectivity index (χ1n) is 6.59. The number of piperazine rings is 1. The van der Waals surface area contributed by atoms with Crippen LogP contribution in [0.4, 0.5) is 5.69 Å². The van der Waals surface area contributed by atoms with Crippen molar-refractivity contribution in [3.05, 3.63) is 23.2 Å². The number of carbonyl (C=O) groups excluding carboxylic acids is 1. The molecule has 6 nitrogen and oxygen atoms in total. The van der Waals surface area contributed by atoms with Gasteiger partial charge in [0.05, 0.1) is 22.2 Å². The molecule has 1 aromatic carbocycles. The van der Waals surface area contributed by atoms with E-state index >= 15 is 0 Å². The van der Waals surface area contributed by atoms with E-state index in [-0.39, 0.29) is 42.2 Å². The molecule has 1 heterocycles. The highest BCUT2D eigenvalue weighted by molar-refractivity contribution is 7.90. The van der Waals surface area contributed by atoms with Gasteiger partial charge in [-0.05, 0) is 18.2 Å². The second-order valence-electron chi connectivity index (χ2n) is 4.99. The summed E-state index contributed by atoms with van der Waals surface area (Å²) in [4.78, 5) is 14.2. The third-order valence-electron chi connectivity index (χ3n) is 3.22. The van der Waals surface area contributed by atoms with Crippen LogP contribution in [0, 0.1) is 0 Å². The molecule has 0 radical (unpaired) electrons. The summed E-state index contributed by atoms with van der Waals surface area (Å²) in [6, 6.07) is 4.27. The molecular formula is C13H20Cl3N3O3S. The number of amides is 1. The molecule has 10 heteroatoms. The number of sulfone groups is 1. The lowest BCUT2D eigenvalue weighted by Gasteiger charge is -2.26. The SMILES string of the molecule is CS(=O)(=O)c1ccc(Cl)c(NC(=O)CN2CCNCC2)c1.Cl.Cl. The van der Waals surface area contributed by atoms with Crippen molar-refractivity contribution in [2.75, 3.05) is 44.3 Å². The number of rotatable bonds is 4. The Morgan fingerprint density at radius 3 is 2.48 bits per heavy atom. The van der Waals surface area contributed by atoms with E-state index in [1.165, 1.54) is 18.2 Å². The minimum Gasteiger partial charge on any atom is -0.324 e. The van der Waals surface area contributed by atoms with Crippen LogP contribution in [0.3, 0.4) is 0 Å². The van der Waals surface area contributed by atoms with E-state index in [0.717, 1.165) is 32.4 Å². The van der Waals surface area contributed by atoms with Gasteiger partial charge in [0.1, 0.15) is 0 Å². The Balaban J connectivity index is 0.00000242. The lowest BCUT2D eigenvalue weighted by molar-refractivity contribution is -0.117. The number of nitrogens with one attached hydrogen (secondary N) is 2. The topological polar surface area (TPSA) is 78.5 Å². The van der Waals surface area contributed by atoms with Gasteiger partial charge in [-0.2, -0.15) is 0 Å². The van der Waals surface area contributed by atoms with Gasteiger partial charge in [-0.15, -0.1) is 24.8 Å². The molecule has 2 N–H and O–H groups in total. The molecule has 132 valence electrons. The molecule has 23 heavy (non-hydrogen) atoms. The van der Waals surface area contributed by atoms with Crippen LogP contribution in [0.5, 0.6) is 0 Å². The van der Waals surface area contributed by atoms with E-state index in [1.54, 1.807) is 0 Å². The first-order valence-corrected chi connectivity index (χ1v) is 8.86. The van der Waals surface area contributed by atoms with Gasteiger partial charge in [0.2, 0.25) is 5.91 Å². The molecule has 0 aliphatic carbocycles. The van der Waals surface area contributed by atoms with Gasteiger partial charge in [-0.1, -0.05) is 11.6 Å². The smallest absolute Gasteiger partial charge is 0.238 e. The molecule has 1 fully saturated rings. The van der Waals surface area contributed by atoms with Crippen molar-refractivity contribution >= 4 is 57.8 Å². The molecule has 1 aromatic rings. The fourth-order valence-corrected chi connectivity index (χ4v) is 2.90. The normalized spacial score (nSPS) is 15.2. The van der Waals surface area contributed by atoms with E-state index in [1.807, 2.05) is 4.90 Å². The van der Waals surface area contributed by atoms with E-state index in [2.05, 4.69) is 10.6 Å². The van der Waals surface area contributed by atoms with E-state index < -0.39 is 9.84 Å². The van der Waals surface area contributed by atoms with E-state index in [4.69, 9.17) is 11.6 Å². The fraction of sp³-hybridized carbons (Fsp3) is 0.462. The van der Waals surface area contributed by atoms with Crippen molar-refractivity contribution in [1.82, 2.24) is 10.2 Å². The zero-order valence-electron chi connectivity index (χ0n) is 12.5. The Kier molecular flexibility index (Phi) is 9.42. The standard InChI is InChI=1S/C13H18ClN3O3S.2ClH/c1-21(19,20)10-2-3-11(14)12(8-10)16-13(18)9-17-6-4-15-5-7-17;;/h2-3,8,15H,4-7,9H2,1H3,(H,16,18);2*1H. The maximum Gasteiger partial charge on any atom is 0.238 e. The number of benzene rings is 1. The summed E-state index contributed by atoms with van der Waals surface area (Å²) >= 11 is 6.00. The van der Waals surface area contributed by atoms with Crippen LogP contribution in [-0.4, -0.2) is 58.2 Å². The lowest BCUT2D eigenvalue weighted by Crippen LogP contribution is -2.46. The highest BCUT2D eigenvalue weighted by Gasteiger charge is 2.16. The molecule has 0 atom stereocenters. The molecule has 2 rings (SSSR count). The summed E-state index contributed by atoms with van der Waals surface area (Å²) in [6.07, 6.45) is 1.11. The number of hydrogen-bond acceptors (Lipinski definition) is 5. The molecule has 1 amide bonds. The minimum absolute atomic E-state index is 0. The first kappa shape index (κ1) is 22.4. The van der Waals surface area contributed by atoms with Crippen LogP contribution in [-0.2, 0) is 14.6 Å². The summed E-state index contributed by atoms with van der Waals surface area (Å²) in [5.41, 5.74) is 0.319. The number of anilines is 1. The molecular weight excluding hydrogens is 385 g/mol. The van der Waals surface area contributed by atoms with Gasteiger partial charge in [0.25, 0.3) is 0 Å². The Bertz CT molecular complexity index is 635. The third-order valence-corrected chi connectivity index (χ3v) is 4.66. The second-order valence-corrected chi connectivity index (χ2v) is 7.41. The fourth-order valence-electron chi connectivity index (χ4n) is 2.09. The summed E-state index contributed by atoms with van der Waals surface area (Å²) in [5.74, 6) is -0.204. The molecule has 1 aliphatic heterocycles. The zero-order chi connectivity index (χ0) is 15.5. The van der Waals surface area contributed by atoms with Gasteiger partial charge in [-0.25, -0.2) is 8.42 Å². The molecule has 0 unspecified atom stereocenters. The van der Waals surface area contributed by atoms with Crippen LogP contribution in [0.2, 0.25) is 5.02 Å². The average Bonchev–Trinajstić information content (AvgIpc) is 2.41. The van der Waals surface area contributed by atoms with Crippen molar-refractivity contribution in [2.24, 2.45) is 0 Å². The van der Waals surface area contributed by atoms with Crippen molar-refractivity contribution < 1.29 is 13.2 Å². The lowest BCUT2D eigenvalue weighted by atomic mass is 10.3. The number of hydrogen-bond donors (Lipinski definition) is 2. The first-order chi connectivity index (χ1) is 9.86. The van der Waals surface area contributed by atoms with Gasteiger partial charge in [0, 0.05) is 32.4 Å². The largest absolute Gasteiger partial charge is 0.324 e. The van der Waals surface area contributed by atoms with Crippen molar-refractivity contribution in [3.63, 3.8) is 0 Å². The monoisotopic (exact) mass is 403 g/mol. The van der Waals surface area contributed by atoms with E-state index in [0.29, 0.717) is 10.7 Å². The van der Waals surface area contributed by atoms with Gasteiger partial charge in [-0.3, -0.25) is 9.69 Å². The molecule has 1 saturated heterocycles. The molecule has 1 aliphatic rings. The molecule has 0 saturated carbocycles. The summed E-state index contributed by atoms with van der Waals surface area (Å²) in [6.45, 7) is 3.60.